The Balaban J connectivity index is 1.65. The number of amides is 1. The number of rotatable bonds is 2. The van der Waals surface area contributed by atoms with Crippen LogP contribution in [-0.2, 0) is 12.8 Å². The summed E-state index contributed by atoms with van der Waals surface area (Å²) in [6.07, 6.45) is 3.28. The molecule has 1 aliphatic carbocycles. The Morgan fingerprint density at radius 2 is 1.79 bits per heavy atom. The molecule has 0 radical (unpaired) electrons. The number of hydrogen-bond donors (Lipinski definition) is 1. The fraction of sp³-hybridized carbons (Fsp3) is 0.158. The average Bonchev–Trinajstić information content (AvgIpc) is 3.21. The number of anilines is 1. The molecule has 0 saturated carbocycles. The third kappa shape index (κ3) is 2.65. The normalized spacial score (nSPS) is 12.8. The third-order valence-corrected chi connectivity index (χ3v) is 4.26. The van der Waals surface area contributed by atoms with Crippen molar-refractivity contribution in [1.82, 2.24) is 4.74 Å². The van der Waals surface area contributed by atoms with Crippen molar-refractivity contribution >= 4 is 11.7 Å². The molecule has 0 aliphatic heterocycles. The van der Waals surface area contributed by atoms with Gasteiger partial charge in [-0.1, -0.05) is 36.4 Å². The van der Waals surface area contributed by atoms with Crippen LogP contribution in [0.2, 0.25) is 0 Å². The van der Waals surface area contributed by atoms with Crippen molar-refractivity contribution in [2.24, 2.45) is 0 Å². The van der Waals surface area contributed by atoms with Gasteiger partial charge < -0.3 is 9.84 Å². The Bertz CT molecular complexity index is 954. The molecule has 0 saturated heterocycles. The fourth-order valence-electron chi connectivity index (χ4n) is 3.12. The van der Waals surface area contributed by atoms with Gasteiger partial charge in [-0.15, -0.1) is 4.74 Å². The molecule has 0 bridgehead atoms. The Morgan fingerprint density at radius 3 is 2.62 bits per heavy atom. The maximum absolute atomic E-state index is 12.5. The van der Waals surface area contributed by atoms with Gasteiger partial charge in [0.05, 0.1) is 6.07 Å². The molecule has 1 N–H and O–H groups in total. The predicted molar refractivity (Wildman–Crippen MR) is 91.3 cm³/mol. The Morgan fingerprint density at radius 1 is 1.00 bits per heavy atom. The van der Waals surface area contributed by atoms with Crippen LogP contribution in [-0.4, -0.2) is 10.8 Å². The van der Waals surface area contributed by atoms with Crippen molar-refractivity contribution in [2.45, 2.75) is 19.3 Å². The highest BCUT2D eigenvalue weighted by atomic mass is 16.5. The van der Waals surface area contributed by atoms with E-state index in [2.05, 4.69) is 5.32 Å². The van der Waals surface area contributed by atoms with E-state index in [4.69, 9.17) is 4.52 Å². The van der Waals surface area contributed by atoms with Gasteiger partial charge in [0, 0.05) is 11.3 Å². The SMILES string of the molecule is O=C(Nc1ccc2c(c1)CCC2)n1oc(=O)cc1-c1ccccc1. The van der Waals surface area contributed by atoms with Crippen LogP contribution in [0.1, 0.15) is 17.5 Å². The van der Waals surface area contributed by atoms with Crippen molar-refractivity contribution in [3.8, 4) is 11.3 Å². The molecule has 5 nitrogen and oxygen atoms in total. The van der Waals surface area contributed by atoms with Gasteiger partial charge in [-0.2, -0.15) is 0 Å². The molecule has 1 aliphatic rings. The lowest BCUT2D eigenvalue weighted by Crippen LogP contribution is -2.20. The lowest BCUT2D eigenvalue weighted by atomic mass is 10.1. The number of nitrogens with zero attached hydrogens (tertiary/aromatic N) is 1. The Kier molecular flexibility index (Phi) is 3.54. The lowest BCUT2D eigenvalue weighted by Gasteiger charge is -2.09. The van der Waals surface area contributed by atoms with E-state index in [1.807, 2.05) is 48.5 Å². The topological polar surface area (TPSA) is 64.2 Å². The first-order valence-electron chi connectivity index (χ1n) is 7.93. The second kappa shape index (κ2) is 5.85. The zero-order valence-electron chi connectivity index (χ0n) is 13.0. The summed E-state index contributed by atoms with van der Waals surface area (Å²) < 4.78 is 6.05. The van der Waals surface area contributed by atoms with Crippen LogP contribution in [0.3, 0.4) is 0 Å². The van der Waals surface area contributed by atoms with Gasteiger partial charge in [0.25, 0.3) is 0 Å². The molecular weight excluding hydrogens is 304 g/mol. The minimum Gasteiger partial charge on any atom is -0.327 e. The molecule has 5 heteroatoms. The van der Waals surface area contributed by atoms with Gasteiger partial charge in [-0.3, -0.25) is 0 Å². The van der Waals surface area contributed by atoms with Gasteiger partial charge in [0.2, 0.25) is 0 Å². The number of nitrogens with one attached hydrogen (secondary N) is 1. The summed E-state index contributed by atoms with van der Waals surface area (Å²) in [5.74, 6) is 0. The van der Waals surface area contributed by atoms with E-state index in [1.54, 1.807) is 0 Å². The Hall–Kier alpha value is -3.08. The summed E-state index contributed by atoms with van der Waals surface area (Å²) >= 11 is 0. The molecule has 0 unspecified atom stereocenters. The zero-order chi connectivity index (χ0) is 16.5. The largest absolute Gasteiger partial charge is 0.359 e. The fourth-order valence-corrected chi connectivity index (χ4v) is 3.12. The first-order chi connectivity index (χ1) is 11.7. The van der Waals surface area contributed by atoms with Gasteiger partial charge in [0.15, 0.2) is 0 Å². The van der Waals surface area contributed by atoms with Crippen molar-refractivity contribution < 1.29 is 9.32 Å². The maximum atomic E-state index is 12.5. The van der Waals surface area contributed by atoms with Gasteiger partial charge in [0.1, 0.15) is 5.69 Å². The van der Waals surface area contributed by atoms with E-state index >= 15 is 0 Å². The summed E-state index contributed by atoms with van der Waals surface area (Å²) in [7, 11) is 0. The molecule has 4 rings (SSSR count). The third-order valence-electron chi connectivity index (χ3n) is 4.26. The Labute approximate surface area is 138 Å². The zero-order valence-corrected chi connectivity index (χ0v) is 13.0. The summed E-state index contributed by atoms with van der Waals surface area (Å²) in [4.78, 5) is 24.2. The molecule has 0 atom stereocenters. The minimum absolute atomic E-state index is 0.430. The smallest absolute Gasteiger partial charge is 0.327 e. The van der Waals surface area contributed by atoms with E-state index in [0.29, 0.717) is 11.4 Å². The molecule has 1 heterocycles. The molecule has 0 fully saturated rings. The van der Waals surface area contributed by atoms with Crippen LogP contribution >= 0.6 is 0 Å². The molecule has 120 valence electrons. The molecule has 1 aromatic heterocycles. The standard InChI is InChI=1S/C19H16N2O3/c22-18-12-17(14-5-2-1-3-6-14)21(24-18)19(23)20-16-10-9-13-7-4-8-15(13)11-16/h1-3,5-6,9-12H,4,7-8H2,(H,20,23). The molecule has 1 amide bonds. The average molecular weight is 320 g/mol. The quantitative estimate of drug-likeness (QED) is 0.783. The lowest BCUT2D eigenvalue weighted by molar-refractivity contribution is 0.220. The summed E-state index contributed by atoms with van der Waals surface area (Å²) in [6.45, 7) is 0. The van der Waals surface area contributed by atoms with E-state index in [-0.39, 0.29) is 0 Å². The van der Waals surface area contributed by atoms with E-state index < -0.39 is 11.7 Å². The second-order valence-corrected chi connectivity index (χ2v) is 5.87. The monoisotopic (exact) mass is 320 g/mol. The number of benzene rings is 2. The maximum Gasteiger partial charge on any atom is 0.359 e. The van der Waals surface area contributed by atoms with Gasteiger partial charge in [-0.05, 0) is 42.5 Å². The van der Waals surface area contributed by atoms with Crippen molar-refractivity contribution in [3.63, 3.8) is 0 Å². The summed E-state index contributed by atoms with van der Waals surface area (Å²) in [5.41, 5.74) is 3.93. The van der Waals surface area contributed by atoms with E-state index in [1.165, 1.54) is 17.2 Å². The number of carbonyl (C=O) groups excluding carboxylic acids is 1. The minimum atomic E-state index is -0.557. The first kappa shape index (κ1) is 14.5. The van der Waals surface area contributed by atoms with Crippen LogP contribution in [0.4, 0.5) is 10.5 Å². The van der Waals surface area contributed by atoms with Gasteiger partial charge >= 0.3 is 11.7 Å². The number of carbonyl (C=O) groups is 1. The number of aromatic nitrogens is 1. The molecule has 3 aromatic rings. The number of fused-ring (bicyclic) bond motifs is 1. The van der Waals surface area contributed by atoms with Gasteiger partial charge in [-0.25, -0.2) is 9.59 Å². The first-order valence-corrected chi connectivity index (χ1v) is 7.93. The highest BCUT2D eigenvalue weighted by Crippen LogP contribution is 2.25. The highest BCUT2D eigenvalue weighted by molar-refractivity contribution is 5.92. The highest BCUT2D eigenvalue weighted by Gasteiger charge is 2.17. The molecular formula is C19H16N2O3. The second-order valence-electron chi connectivity index (χ2n) is 5.87. The number of aryl methyl sites for hydroxylation is 2. The van der Waals surface area contributed by atoms with E-state index in [0.717, 1.165) is 29.6 Å². The van der Waals surface area contributed by atoms with Crippen LogP contribution in [0.15, 0.2) is 63.9 Å². The molecule has 2 aromatic carbocycles. The predicted octanol–water partition coefficient (Wildman–Crippen LogP) is 3.68. The van der Waals surface area contributed by atoms with Crippen LogP contribution in [0, 0.1) is 0 Å². The van der Waals surface area contributed by atoms with Crippen LogP contribution in [0.25, 0.3) is 11.3 Å². The summed E-state index contributed by atoms with van der Waals surface area (Å²) in [6, 6.07) is 15.9. The van der Waals surface area contributed by atoms with Crippen molar-refractivity contribution in [2.75, 3.05) is 5.32 Å². The van der Waals surface area contributed by atoms with Crippen molar-refractivity contribution in [1.29, 1.82) is 0 Å². The molecule has 24 heavy (non-hydrogen) atoms. The summed E-state index contributed by atoms with van der Waals surface area (Å²) in [5, 5.41) is 2.80. The van der Waals surface area contributed by atoms with Crippen LogP contribution in [0.5, 0.6) is 0 Å². The number of hydrogen-bond acceptors (Lipinski definition) is 3. The molecule has 0 spiro atoms. The van der Waals surface area contributed by atoms with E-state index in [9.17, 15) is 9.59 Å². The van der Waals surface area contributed by atoms with Crippen LogP contribution < -0.4 is 10.9 Å². The van der Waals surface area contributed by atoms with Crippen molar-refractivity contribution in [3.05, 3.63) is 76.1 Å².